The highest BCUT2D eigenvalue weighted by molar-refractivity contribution is 5.98. The maximum absolute atomic E-state index is 13.3. The van der Waals surface area contributed by atoms with E-state index in [1.165, 1.54) is 4.80 Å². The fourth-order valence-corrected chi connectivity index (χ4v) is 3.47. The number of carbonyl (C=O) groups is 1. The zero-order valence-electron chi connectivity index (χ0n) is 14.0. The number of H-pyrrole nitrogens is 1. The Morgan fingerprint density at radius 1 is 1.20 bits per heavy atom. The highest BCUT2D eigenvalue weighted by Crippen LogP contribution is 2.31. The molecule has 7 heteroatoms. The van der Waals surface area contributed by atoms with Crippen LogP contribution in [0.15, 0.2) is 49.1 Å². The Morgan fingerprint density at radius 2 is 2.00 bits per heavy atom. The van der Waals surface area contributed by atoms with Gasteiger partial charge in [0.2, 0.25) is 0 Å². The first-order valence-corrected chi connectivity index (χ1v) is 8.49. The van der Waals surface area contributed by atoms with Gasteiger partial charge in [0, 0.05) is 24.7 Å². The van der Waals surface area contributed by atoms with Gasteiger partial charge in [0.15, 0.2) is 0 Å². The Morgan fingerprint density at radius 3 is 2.76 bits per heavy atom. The number of para-hydroxylation sites is 1. The maximum atomic E-state index is 13.3. The van der Waals surface area contributed by atoms with Crippen LogP contribution in [-0.4, -0.2) is 48.6 Å². The third-order valence-electron chi connectivity index (χ3n) is 4.90. The second kappa shape index (κ2) is 6.51. The molecule has 2 atom stereocenters. The zero-order valence-corrected chi connectivity index (χ0v) is 14.0. The van der Waals surface area contributed by atoms with E-state index in [2.05, 4.69) is 27.3 Å². The first kappa shape index (κ1) is 15.6. The Balaban J connectivity index is 1.64. The summed E-state index contributed by atoms with van der Waals surface area (Å²) in [6.45, 7) is 2.80. The molecule has 0 aliphatic carbocycles. The monoisotopic (exact) mass is 336 g/mol. The van der Waals surface area contributed by atoms with Gasteiger partial charge in [0.05, 0.1) is 29.8 Å². The Labute approximate surface area is 145 Å². The summed E-state index contributed by atoms with van der Waals surface area (Å²) in [6, 6.07) is 7.69. The van der Waals surface area contributed by atoms with Gasteiger partial charge in [-0.3, -0.25) is 9.89 Å². The molecule has 0 unspecified atom stereocenters. The van der Waals surface area contributed by atoms with Crippen LogP contribution >= 0.6 is 0 Å². The van der Waals surface area contributed by atoms with Crippen molar-refractivity contribution < 1.29 is 4.79 Å². The van der Waals surface area contributed by atoms with Gasteiger partial charge in [0.25, 0.3) is 5.91 Å². The van der Waals surface area contributed by atoms with Gasteiger partial charge in [0.1, 0.15) is 0 Å². The van der Waals surface area contributed by atoms with Crippen LogP contribution in [0.5, 0.6) is 0 Å². The number of rotatable bonds is 3. The Kier molecular flexibility index (Phi) is 4.05. The van der Waals surface area contributed by atoms with Crippen molar-refractivity contribution in [1.82, 2.24) is 30.1 Å². The molecule has 1 aliphatic heterocycles. The van der Waals surface area contributed by atoms with E-state index in [1.807, 2.05) is 41.6 Å². The summed E-state index contributed by atoms with van der Waals surface area (Å²) in [7, 11) is 0. The van der Waals surface area contributed by atoms with Crippen LogP contribution in [0.2, 0.25) is 0 Å². The summed E-state index contributed by atoms with van der Waals surface area (Å²) >= 11 is 0. The van der Waals surface area contributed by atoms with Crippen LogP contribution in [-0.2, 0) is 0 Å². The van der Waals surface area contributed by atoms with E-state index in [0.29, 0.717) is 23.7 Å². The highest BCUT2D eigenvalue weighted by Gasteiger charge is 2.31. The molecule has 0 bridgehead atoms. The first-order chi connectivity index (χ1) is 12.2. The van der Waals surface area contributed by atoms with Crippen molar-refractivity contribution in [1.29, 1.82) is 0 Å². The molecule has 128 valence electrons. The van der Waals surface area contributed by atoms with Gasteiger partial charge in [-0.1, -0.05) is 12.1 Å². The number of hydrogen-bond donors (Lipinski definition) is 1. The topological polar surface area (TPSA) is 79.7 Å². The molecule has 1 aromatic carbocycles. The number of nitrogens with one attached hydrogen (secondary N) is 1. The predicted octanol–water partition coefficient (Wildman–Crippen LogP) is 2.40. The molecular formula is C18H20N6O. The van der Waals surface area contributed by atoms with Crippen molar-refractivity contribution in [2.75, 3.05) is 6.54 Å². The van der Waals surface area contributed by atoms with E-state index in [9.17, 15) is 4.79 Å². The number of hydrogen-bond acceptors (Lipinski definition) is 4. The fraction of sp³-hybridized carbons (Fsp3) is 0.333. The molecule has 1 saturated heterocycles. The van der Waals surface area contributed by atoms with Gasteiger partial charge < -0.3 is 4.90 Å². The molecule has 2 aromatic heterocycles. The minimum absolute atomic E-state index is 0.0218. The van der Waals surface area contributed by atoms with Crippen LogP contribution in [0, 0.1) is 0 Å². The number of amides is 1. The molecule has 3 aromatic rings. The molecule has 1 fully saturated rings. The lowest BCUT2D eigenvalue weighted by Gasteiger charge is -2.38. The molecule has 0 radical (unpaired) electrons. The van der Waals surface area contributed by atoms with Crippen LogP contribution in [0.4, 0.5) is 0 Å². The summed E-state index contributed by atoms with van der Waals surface area (Å²) in [5.41, 5.74) is 2.49. The smallest absolute Gasteiger partial charge is 0.256 e. The SMILES string of the molecule is C[C@@H]1CC[C@@H](c2cn[nH]c2)CN1C(=O)c1ccccc1-n1nccn1. The fourth-order valence-electron chi connectivity index (χ4n) is 3.47. The normalized spacial score (nSPS) is 20.6. The largest absolute Gasteiger partial charge is 0.335 e. The van der Waals surface area contributed by atoms with Gasteiger partial charge in [-0.2, -0.15) is 20.1 Å². The third kappa shape index (κ3) is 2.93. The first-order valence-electron chi connectivity index (χ1n) is 8.49. The maximum Gasteiger partial charge on any atom is 0.256 e. The van der Waals surface area contributed by atoms with E-state index >= 15 is 0 Å². The molecule has 7 nitrogen and oxygen atoms in total. The number of aromatic nitrogens is 5. The lowest BCUT2D eigenvalue weighted by molar-refractivity contribution is 0.0609. The van der Waals surface area contributed by atoms with Gasteiger partial charge in [-0.05, 0) is 37.5 Å². The number of nitrogens with zero attached hydrogens (tertiary/aromatic N) is 5. The average molecular weight is 336 g/mol. The van der Waals surface area contributed by atoms with Crippen LogP contribution in [0.25, 0.3) is 5.69 Å². The van der Waals surface area contributed by atoms with Crippen molar-refractivity contribution in [3.05, 3.63) is 60.2 Å². The molecule has 0 spiro atoms. The number of aromatic amines is 1. The van der Waals surface area contributed by atoms with Crippen LogP contribution in [0.3, 0.4) is 0 Å². The van der Waals surface area contributed by atoms with Gasteiger partial charge in [-0.15, -0.1) is 0 Å². The molecule has 25 heavy (non-hydrogen) atoms. The number of carbonyl (C=O) groups excluding carboxylic acids is 1. The van der Waals surface area contributed by atoms with E-state index < -0.39 is 0 Å². The molecule has 1 N–H and O–H groups in total. The van der Waals surface area contributed by atoms with Crippen molar-refractivity contribution in [3.8, 4) is 5.69 Å². The minimum atomic E-state index is 0.0218. The summed E-state index contributed by atoms with van der Waals surface area (Å²) in [5.74, 6) is 0.336. The number of likely N-dealkylation sites (tertiary alicyclic amines) is 1. The summed E-state index contributed by atoms with van der Waals surface area (Å²) in [5, 5.41) is 15.3. The molecule has 4 rings (SSSR count). The van der Waals surface area contributed by atoms with Gasteiger partial charge in [-0.25, -0.2) is 0 Å². The van der Waals surface area contributed by atoms with Crippen molar-refractivity contribution in [3.63, 3.8) is 0 Å². The number of piperidine rings is 1. The molecular weight excluding hydrogens is 316 g/mol. The van der Waals surface area contributed by atoms with Crippen molar-refractivity contribution in [2.24, 2.45) is 0 Å². The van der Waals surface area contributed by atoms with E-state index in [-0.39, 0.29) is 11.9 Å². The molecule has 1 aliphatic rings. The second-order valence-corrected chi connectivity index (χ2v) is 6.45. The Hall–Kier alpha value is -2.96. The van der Waals surface area contributed by atoms with E-state index in [1.54, 1.807) is 12.4 Å². The van der Waals surface area contributed by atoms with Crippen molar-refractivity contribution >= 4 is 5.91 Å². The highest BCUT2D eigenvalue weighted by atomic mass is 16.2. The second-order valence-electron chi connectivity index (χ2n) is 6.45. The van der Waals surface area contributed by atoms with Crippen molar-refractivity contribution in [2.45, 2.75) is 31.7 Å². The van der Waals surface area contributed by atoms with Gasteiger partial charge >= 0.3 is 0 Å². The minimum Gasteiger partial charge on any atom is -0.335 e. The van der Waals surface area contributed by atoms with Crippen LogP contribution < -0.4 is 0 Å². The summed E-state index contributed by atoms with van der Waals surface area (Å²) < 4.78 is 0. The Bertz CT molecular complexity index is 842. The van der Waals surface area contributed by atoms with E-state index in [4.69, 9.17) is 0 Å². The lowest BCUT2D eigenvalue weighted by Crippen LogP contribution is -2.45. The van der Waals surface area contributed by atoms with Crippen LogP contribution in [0.1, 0.15) is 41.6 Å². The standard InChI is InChI=1S/C18H20N6O/c1-13-6-7-14(15-10-19-20-11-15)12-23(13)18(25)16-4-2-3-5-17(16)24-21-8-9-22-24/h2-5,8-11,13-14H,6-7,12H2,1H3,(H,19,20)/t13-,14-/m1/s1. The average Bonchev–Trinajstić information content (AvgIpc) is 3.35. The molecule has 1 amide bonds. The molecule has 3 heterocycles. The van der Waals surface area contributed by atoms with E-state index in [0.717, 1.165) is 18.4 Å². The number of benzene rings is 1. The summed E-state index contributed by atoms with van der Waals surface area (Å²) in [4.78, 5) is 16.7. The lowest BCUT2D eigenvalue weighted by atomic mass is 9.89. The zero-order chi connectivity index (χ0) is 17.2. The third-order valence-corrected chi connectivity index (χ3v) is 4.90. The summed E-state index contributed by atoms with van der Waals surface area (Å²) in [6.07, 6.45) is 9.03. The quantitative estimate of drug-likeness (QED) is 0.796. The molecule has 0 saturated carbocycles. The predicted molar refractivity (Wildman–Crippen MR) is 92.4 cm³/mol.